The lowest BCUT2D eigenvalue weighted by Crippen LogP contribution is -2.42. The zero-order valence-corrected chi connectivity index (χ0v) is 10.3. The highest BCUT2D eigenvalue weighted by molar-refractivity contribution is 5.96. The normalized spacial score (nSPS) is 10.4. The number of halogens is 1. The molecular weight excluding hydrogens is 237 g/mol. The zero-order valence-electron chi connectivity index (χ0n) is 10.3. The van der Waals surface area contributed by atoms with Gasteiger partial charge in [0.1, 0.15) is 5.82 Å². The van der Waals surface area contributed by atoms with Crippen molar-refractivity contribution in [2.75, 3.05) is 12.3 Å². The zero-order chi connectivity index (χ0) is 13.9. The second-order valence-electron chi connectivity index (χ2n) is 4.23. The van der Waals surface area contributed by atoms with E-state index in [4.69, 9.17) is 11.5 Å². The van der Waals surface area contributed by atoms with Crippen LogP contribution >= 0.6 is 0 Å². The van der Waals surface area contributed by atoms with Crippen LogP contribution in [0.15, 0.2) is 18.2 Å². The minimum atomic E-state index is -0.663. The number of carbonyl (C=O) groups excluding carboxylic acids is 2. The van der Waals surface area contributed by atoms with E-state index in [9.17, 15) is 14.0 Å². The van der Waals surface area contributed by atoms with E-state index < -0.39 is 17.6 Å². The number of nitrogens with two attached hydrogens (primary N) is 2. The van der Waals surface area contributed by atoms with Gasteiger partial charge in [-0.05, 0) is 32.0 Å². The first-order valence-electron chi connectivity index (χ1n) is 5.47. The third-order valence-corrected chi connectivity index (χ3v) is 2.46. The van der Waals surface area contributed by atoms with Crippen molar-refractivity contribution in [2.24, 2.45) is 5.73 Å². The van der Waals surface area contributed by atoms with Gasteiger partial charge in [-0.15, -0.1) is 0 Å². The predicted molar refractivity (Wildman–Crippen MR) is 66.2 cm³/mol. The molecule has 0 saturated heterocycles. The molecule has 6 heteroatoms. The van der Waals surface area contributed by atoms with Crippen LogP contribution in [-0.2, 0) is 4.79 Å². The van der Waals surface area contributed by atoms with Gasteiger partial charge in [-0.3, -0.25) is 9.59 Å². The van der Waals surface area contributed by atoms with Gasteiger partial charge in [-0.1, -0.05) is 0 Å². The molecule has 0 aliphatic carbocycles. The molecule has 2 amide bonds. The number of nitrogens with zero attached hydrogens (tertiary/aromatic N) is 1. The number of carbonyl (C=O) groups is 2. The minimum Gasteiger partial charge on any atom is -0.396 e. The van der Waals surface area contributed by atoms with Crippen molar-refractivity contribution < 1.29 is 14.0 Å². The lowest BCUT2D eigenvalue weighted by molar-refractivity contribution is -0.119. The summed E-state index contributed by atoms with van der Waals surface area (Å²) in [7, 11) is 0. The Bertz CT molecular complexity index is 474. The first-order valence-corrected chi connectivity index (χ1v) is 5.47. The number of rotatable bonds is 4. The van der Waals surface area contributed by atoms with E-state index >= 15 is 0 Å². The highest BCUT2D eigenvalue weighted by atomic mass is 19.1. The largest absolute Gasteiger partial charge is 0.396 e. The molecular formula is C12H16FN3O2. The van der Waals surface area contributed by atoms with Crippen LogP contribution in [0.5, 0.6) is 0 Å². The first-order chi connectivity index (χ1) is 8.32. The number of anilines is 1. The van der Waals surface area contributed by atoms with Gasteiger partial charge in [-0.2, -0.15) is 0 Å². The Morgan fingerprint density at radius 1 is 1.39 bits per heavy atom. The van der Waals surface area contributed by atoms with Crippen LogP contribution in [0, 0.1) is 5.82 Å². The van der Waals surface area contributed by atoms with Crippen LogP contribution in [0.4, 0.5) is 10.1 Å². The van der Waals surface area contributed by atoms with Gasteiger partial charge in [-0.25, -0.2) is 4.39 Å². The number of amides is 2. The topological polar surface area (TPSA) is 89.4 Å². The number of hydrogen-bond acceptors (Lipinski definition) is 3. The Balaban J connectivity index is 3.02. The first kappa shape index (κ1) is 14.0. The van der Waals surface area contributed by atoms with Gasteiger partial charge in [0.2, 0.25) is 5.91 Å². The summed E-state index contributed by atoms with van der Waals surface area (Å²) in [5, 5.41) is 0. The van der Waals surface area contributed by atoms with Gasteiger partial charge in [0.05, 0.1) is 12.2 Å². The van der Waals surface area contributed by atoms with Gasteiger partial charge >= 0.3 is 0 Å². The molecule has 18 heavy (non-hydrogen) atoms. The average Bonchev–Trinajstić information content (AvgIpc) is 2.28. The summed E-state index contributed by atoms with van der Waals surface area (Å²) in [6.07, 6.45) is 0. The fraction of sp³-hybridized carbons (Fsp3) is 0.333. The monoisotopic (exact) mass is 253 g/mol. The molecule has 0 radical (unpaired) electrons. The molecule has 1 rings (SSSR count). The Morgan fingerprint density at radius 3 is 2.44 bits per heavy atom. The summed E-state index contributed by atoms with van der Waals surface area (Å²) in [4.78, 5) is 24.3. The summed E-state index contributed by atoms with van der Waals surface area (Å²) in [6.45, 7) is 3.28. The highest BCUT2D eigenvalue weighted by Gasteiger charge is 2.21. The number of primary amides is 1. The summed E-state index contributed by atoms with van der Waals surface area (Å²) < 4.78 is 13.3. The summed E-state index contributed by atoms with van der Waals surface area (Å²) in [5.41, 5.74) is 10.5. The second kappa shape index (κ2) is 5.48. The molecule has 0 fully saturated rings. The van der Waals surface area contributed by atoms with Crippen molar-refractivity contribution in [3.63, 3.8) is 0 Å². The number of benzene rings is 1. The van der Waals surface area contributed by atoms with Crippen molar-refractivity contribution in [3.8, 4) is 0 Å². The third-order valence-electron chi connectivity index (χ3n) is 2.46. The van der Waals surface area contributed by atoms with Crippen LogP contribution in [0.1, 0.15) is 24.2 Å². The van der Waals surface area contributed by atoms with E-state index in [0.717, 1.165) is 6.07 Å². The van der Waals surface area contributed by atoms with Crippen molar-refractivity contribution in [1.29, 1.82) is 0 Å². The van der Waals surface area contributed by atoms with Crippen molar-refractivity contribution >= 4 is 17.5 Å². The summed E-state index contributed by atoms with van der Waals surface area (Å²) in [6, 6.07) is 3.56. The molecule has 0 unspecified atom stereocenters. The summed E-state index contributed by atoms with van der Waals surface area (Å²) >= 11 is 0. The molecule has 0 saturated carbocycles. The maximum absolute atomic E-state index is 13.3. The molecule has 0 spiro atoms. The number of hydrogen-bond donors (Lipinski definition) is 2. The Labute approximate surface area is 105 Å². The van der Waals surface area contributed by atoms with Gasteiger partial charge in [0.25, 0.3) is 5.91 Å². The molecule has 5 nitrogen and oxygen atoms in total. The molecule has 1 aromatic carbocycles. The van der Waals surface area contributed by atoms with Crippen LogP contribution < -0.4 is 11.5 Å². The van der Waals surface area contributed by atoms with Crippen LogP contribution in [0.3, 0.4) is 0 Å². The van der Waals surface area contributed by atoms with Crippen LogP contribution in [-0.4, -0.2) is 29.3 Å². The molecule has 0 heterocycles. The van der Waals surface area contributed by atoms with E-state index in [2.05, 4.69) is 0 Å². The Hall–Kier alpha value is -2.11. The number of nitrogen functional groups attached to an aromatic ring is 1. The second-order valence-corrected chi connectivity index (χ2v) is 4.23. The molecule has 0 aromatic heterocycles. The fourth-order valence-electron chi connectivity index (χ4n) is 1.48. The standard InChI is InChI=1S/C12H16FN3O2/c1-7(2)16(6-11(15)17)12(18)8-3-4-10(14)9(13)5-8/h3-5,7H,6,14H2,1-2H3,(H2,15,17). The predicted octanol–water partition coefficient (Wildman–Crippen LogP) is 0.744. The quantitative estimate of drug-likeness (QED) is 0.776. The Morgan fingerprint density at radius 2 is 2.00 bits per heavy atom. The maximum atomic E-state index is 13.3. The van der Waals surface area contributed by atoms with Gasteiger partial charge in [0.15, 0.2) is 0 Å². The molecule has 0 bridgehead atoms. The average molecular weight is 253 g/mol. The van der Waals surface area contributed by atoms with Crippen molar-refractivity contribution in [3.05, 3.63) is 29.6 Å². The SMILES string of the molecule is CC(C)N(CC(N)=O)C(=O)c1ccc(N)c(F)c1. The summed E-state index contributed by atoms with van der Waals surface area (Å²) in [5.74, 6) is -1.74. The van der Waals surface area contributed by atoms with E-state index in [1.807, 2.05) is 0 Å². The van der Waals surface area contributed by atoms with Crippen LogP contribution in [0.2, 0.25) is 0 Å². The molecule has 0 atom stereocenters. The lowest BCUT2D eigenvalue weighted by Gasteiger charge is -2.25. The molecule has 0 aliphatic heterocycles. The minimum absolute atomic E-state index is 0.0300. The highest BCUT2D eigenvalue weighted by Crippen LogP contribution is 2.14. The molecule has 4 N–H and O–H groups in total. The molecule has 98 valence electrons. The van der Waals surface area contributed by atoms with E-state index in [1.54, 1.807) is 13.8 Å². The van der Waals surface area contributed by atoms with E-state index in [1.165, 1.54) is 17.0 Å². The molecule has 0 aliphatic rings. The van der Waals surface area contributed by atoms with E-state index in [0.29, 0.717) is 0 Å². The van der Waals surface area contributed by atoms with E-state index in [-0.39, 0.29) is 23.8 Å². The third kappa shape index (κ3) is 3.19. The Kier molecular flexibility index (Phi) is 4.25. The van der Waals surface area contributed by atoms with Crippen molar-refractivity contribution in [1.82, 2.24) is 4.90 Å². The van der Waals surface area contributed by atoms with Crippen molar-refractivity contribution in [2.45, 2.75) is 19.9 Å². The smallest absolute Gasteiger partial charge is 0.254 e. The molecule has 1 aromatic rings. The van der Waals surface area contributed by atoms with Gasteiger partial charge < -0.3 is 16.4 Å². The van der Waals surface area contributed by atoms with Crippen LogP contribution in [0.25, 0.3) is 0 Å². The lowest BCUT2D eigenvalue weighted by atomic mass is 10.1. The fourth-order valence-corrected chi connectivity index (χ4v) is 1.48. The maximum Gasteiger partial charge on any atom is 0.254 e. The van der Waals surface area contributed by atoms with Gasteiger partial charge in [0, 0.05) is 11.6 Å².